The lowest BCUT2D eigenvalue weighted by Gasteiger charge is -1.91. The van der Waals surface area contributed by atoms with Gasteiger partial charge in [-0.3, -0.25) is 4.79 Å². The molecule has 4 heteroatoms. The summed E-state index contributed by atoms with van der Waals surface area (Å²) in [4.78, 5) is 10.2. The van der Waals surface area contributed by atoms with E-state index in [0.717, 1.165) is 0 Å². The number of allylic oxidation sites excluding steroid dienone is 3. The van der Waals surface area contributed by atoms with Crippen molar-refractivity contribution in [2.75, 3.05) is 0 Å². The summed E-state index contributed by atoms with van der Waals surface area (Å²) in [6.45, 7) is 3.54. The lowest BCUT2D eigenvalue weighted by molar-refractivity contribution is -0.136. The van der Waals surface area contributed by atoms with Crippen LogP contribution in [0.15, 0.2) is 35.0 Å². The number of hydrogen-bond acceptors (Lipinski definition) is 2. The number of nitrogens with two attached hydrogens (primary N) is 1. The smallest absolute Gasteiger partial charge is 0.307 e. The number of carboxylic acids is 1. The molecule has 66 valence electrons. The van der Waals surface area contributed by atoms with E-state index < -0.39 is 5.97 Å². The number of carboxylic acid groups (broad SMARTS) is 1. The van der Waals surface area contributed by atoms with Crippen LogP contribution in [0.3, 0.4) is 0 Å². The topological polar surface area (TPSA) is 63.3 Å². The summed E-state index contributed by atoms with van der Waals surface area (Å²) < 4.78 is 0.488. The van der Waals surface area contributed by atoms with E-state index in [1.165, 1.54) is 0 Å². The number of carbonyl (C=O) groups is 1. The standard InChI is InChI=1S/C8H10BrNO2/c1-6(5-8(11)12)3-2-4-7(9)10/h2-4H,1,5,10H2,(H,11,12)/b3-2-,7-4-. The van der Waals surface area contributed by atoms with Crippen molar-refractivity contribution in [2.45, 2.75) is 6.42 Å². The second-order valence-electron chi connectivity index (χ2n) is 2.14. The van der Waals surface area contributed by atoms with Crippen molar-refractivity contribution in [3.8, 4) is 0 Å². The van der Waals surface area contributed by atoms with Gasteiger partial charge in [0.05, 0.1) is 11.0 Å². The molecule has 0 aromatic heterocycles. The highest BCUT2D eigenvalue weighted by Gasteiger charge is 1.95. The summed E-state index contributed by atoms with van der Waals surface area (Å²) in [5.74, 6) is -0.888. The molecule has 0 aromatic rings. The average Bonchev–Trinajstić information content (AvgIpc) is 1.84. The Kier molecular flexibility index (Phi) is 5.12. The normalized spacial score (nSPS) is 11.9. The Labute approximate surface area is 79.4 Å². The summed E-state index contributed by atoms with van der Waals surface area (Å²) in [7, 11) is 0. The highest BCUT2D eigenvalue weighted by atomic mass is 79.9. The molecule has 0 bridgehead atoms. The number of hydrogen-bond donors (Lipinski definition) is 2. The third-order valence-electron chi connectivity index (χ3n) is 0.966. The molecule has 0 saturated heterocycles. The first-order chi connectivity index (χ1) is 5.52. The molecule has 0 aliphatic carbocycles. The first-order valence-electron chi connectivity index (χ1n) is 3.21. The maximum absolute atomic E-state index is 10.2. The molecular formula is C8H10BrNO2. The summed E-state index contributed by atoms with van der Waals surface area (Å²) in [5, 5.41) is 8.35. The molecule has 0 unspecified atom stereocenters. The quantitative estimate of drug-likeness (QED) is 0.573. The fraction of sp³-hybridized carbons (Fsp3) is 0.125. The van der Waals surface area contributed by atoms with Crippen molar-refractivity contribution in [1.82, 2.24) is 0 Å². The first kappa shape index (κ1) is 11.0. The lowest BCUT2D eigenvalue weighted by atomic mass is 10.2. The number of aliphatic carboxylic acids is 1. The monoisotopic (exact) mass is 231 g/mol. The van der Waals surface area contributed by atoms with Crippen LogP contribution in [0.2, 0.25) is 0 Å². The second-order valence-corrected chi connectivity index (χ2v) is 3.06. The number of halogens is 1. The molecule has 3 nitrogen and oxygen atoms in total. The van der Waals surface area contributed by atoms with Crippen LogP contribution in [0.5, 0.6) is 0 Å². The average molecular weight is 232 g/mol. The minimum absolute atomic E-state index is 0.0491. The Morgan fingerprint density at radius 3 is 2.67 bits per heavy atom. The van der Waals surface area contributed by atoms with Gasteiger partial charge in [0.1, 0.15) is 0 Å². The van der Waals surface area contributed by atoms with Gasteiger partial charge in [0.15, 0.2) is 0 Å². The van der Waals surface area contributed by atoms with Crippen molar-refractivity contribution < 1.29 is 9.90 Å². The Bertz CT molecular complexity index is 239. The van der Waals surface area contributed by atoms with E-state index in [1.807, 2.05) is 0 Å². The van der Waals surface area contributed by atoms with Crippen molar-refractivity contribution in [1.29, 1.82) is 0 Å². The van der Waals surface area contributed by atoms with E-state index in [-0.39, 0.29) is 6.42 Å². The number of rotatable bonds is 4. The van der Waals surface area contributed by atoms with Crippen molar-refractivity contribution in [2.24, 2.45) is 5.73 Å². The zero-order chi connectivity index (χ0) is 9.56. The molecule has 0 spiro atoms. The van der Waals surface area contributed by atoms with E-state index in [0.29, 0.717) is 10.2 Å². The van der Waals surface area contributed by atoms with Gasteiger partial charge in [-0.15, -0.1) is 0 Å². The van der Waals surface area contributed by atoms with E-state index in [9.17, 15) is 4.79 Å². The highest BCUT2D eigenvalue weighted by molar-refractivity contribution is 9.11. The van der Waals surface area contributed by atoms with E-state index in [4.69, 9.17) is 10.8 Å². The van der Waals surface area contributed by atoms with Gasteiger partial charge in [0.2, 0.25) is 0 Å². The molecule has 0 aliphatic rings. The van der Waals surface area contributed by atoms with Gasteiger partial charge in [0, 0.05) is 0 Å². The fourth-order valence-electron chi connectivity index (χ4n) is 0.529. The van der Waals surface area contributed by atoms with Crippen LogP contribution in [0.1, 0.15) is 6.42 Å². The predicted molar refractivity (Wildman–Crippen MR) is 51.7 cm³/mol. The summed E-state index contributed by atoms with van der Waals surface area (Å²) in [6.07, 6.45) is 4.79. The molecule has 0 aliphatic heterocycles. The molecule has 0 atom stereocenters. The van der Waals surface area contributed by atoms with Gasteiger partial charge in [0.25, 0.3) is 0 Å². The Morgan fingerprint density at radius 2 is 2.25 bits per heavy atom. The molecule has 0 fully saturated rings. The van der Waals surface area contributed by atoms with Crippen molar-refractivity contribution >= 4 is 21.9 Å². The van der Waals surface area contributed by atoms with Gasteiger partial charge in [-0.1, -0.05) is 18.7 Å². The van der Waals surface area contributed by atoms with Gasteiger partial charge >= 0.3 is 5.97 Å². The Hall–Kier alpha value is -1.03. The third-order valence-corrected chi connectivity index (χ3v) is 1.23. The molecular weight excluding hydrogens is 222 g/mol. The fourth-order valence-corrected chi connectivity index (χ4v) is 0.682. The van der Waals surface area contributed by atoms with E-state index >= 15 is 0 Å². The maximum atomic E-state index is 10.2. The molecule has 0 rings (SSSR count). The zero-order valence-corrected chi connectivity index (χ0v) is 8.04. The first-order valence-corrected chi connectivity index (χ1v) is 4.00. The molecule has 12 heavy (non-hydrogen) atoms. The van der Waals surface area contributed by atoms with Crippen LogP contribution >= 0.6 is 15.9 Å². The van der Waals surface area contributed by atoms with Crippen LogP contribution in [0, 0.1) is 0 Å². The zero-order valence-electron chi connectivity index (χ0n) is 6.46. The Morgan fingerprint density at radius 1 is 1.67 bits per heavy atom. The highest BCUT2D eigenvalue weighted by Crippen LogP contribution is 2.01. The van der Waals surface area contributed by atoms with E-state index in [1.54, 1.807) is 18.2 Å². The second kappa shape index (κ2) is 5.60. The SMILES string of the molecule is C=C(/C=C\C=C(/N)Br)CC(=O)O. The van der Waals surface area contributed by atoms with Crippen LogP contribution in [0.25, 0.3) is 0 Å². The molecule has 3 N–H and O–H groups in total. The van der Waals surface area contributed by atoms with Crippen LogP contribution in [-0.4, -0.2) is 11.1 Å². The third kappa shape index (κ3) is 7.08. The van der Waals surface area contributed by atoms with Crippen LogP contribution in [-0.2, 0) is 4.79 Å². The van der Waals surface area contributed by atoms with Gasteiger partial charge in [-0.05, 0) is 27.6 Å². The van der Waals surface area contributed by atoms with Crippen LogP contribution < -0.4 is 5.73 Å². The molecule has 0 amide bonds. The molecule has 0 radical (unpaired) electrons. The van der Waals surface area contributed by atoms with E-state index in [2.05, 4.69) is 22.5 Å². The van der Waals surface area contributed by atoms with Crippen molar-refractivity contribution in [3.63, 3.8) is 0 Å². The summed E-state index contributed by atoms with van der Waals surface area (Å²) in [5.41, 5.74) is 5.80. The largest absolute Gasteiger partial charge is 0.481 e. The molecule has 0 saturated carbocycles. The van der Waals surface area contributed by atoms with Crippen LogP contribution in [0.4, 0.5) is 0 Å². The minimum Gasteiger partial charge on any atom is -0.481 e. The summed E-state index contributed by atoms with van der Waals surface area (Å²) >= 11 is 3.02. The van der Waals surface area contributed by atoms with Crippen molar-refractivity contribution in [3.05, 3.63) is 35.0 Å². The maximum Gasteiger partial charge on any atom is 0.307 e. The lowest BCUT2D eigenvalue weighted by Crippen LogP contribution is -1.94. The summed E-state index contributed by atoms with van der Waals surface area (Å²) in [6, 6.07) is 0. The minimum atomic E-state index is -0.888. The van der Waals surface area contributed by atoms with Gasteiger partial charge in [-0.25, -0.2) is 0 Å². The Balaban J connectivity index is 3.93. The molecule has 0 aromatic carbocycles. The van der Waals surface area contributed by atoms with Gasteiger partial charge < -0.3 is 10.8 Å². The predicted octanol–water partition coefficient (Wildman–Crippen LogP) is 1.77. The van der Waals surface area contributed by atoms with Gasteiger partial charge in [-0.2, -0.15) is 0 Å². The molecule has 0 heterocycles.